The molecule has 30 heavy (non-hydrogen) atoms. The molecule has 3 heterocycles. The highest BCUT2D eigenvalue weighted by atomic mass is 19.1. The molecule has 1 aliphatic heterocycles. The van der Waals surface area contributed by atoms with Crippen molar-refractivity contribution in [2.75, 3.05) is 18.0 Å². The Labute approximate surface area is 170 Å². The fourth-order valence-electron chi connectivity index (χ4n) is 3.11. The highest BCUT2D eigenvalue weighted by Crippen LogP contribution is 2.28. The monoisotopic (exact) mass is 411 g/mol. The van der Waals surface area contributed by atoms with Gasteiger partial charge in [0.25, 0.3) is 0 Å². The van der Waals surface area contributed by atoms with E-state index in [4.69, 9.17) is 4.74 Å². The number of tetrazole rings is 1. The van der Waals surface area contributed by atoms with Crippen molar-refractivity contribution in [3.05, 3.63) is 54.2 Å². The quantitative estimate of drug-likeness (QED) is 0.652. The standard InChI is InChI=1S/C19H18FN7O3/c1-12(28)21-8-15-10-27(19(29)30-15)14-5-6-16(17(20)7-14)18-4-2-3-13(23-18)9-26-11-22-24-25-26/h2-7,11,15H,8-10H2,1H3,(H,21,28)/t15-/m0/s1. The second-order valence-corrected chi connectivity index (χ2v) is 6.74. The van der Waals surface area contributed by atoms with Crippen LogP contribution in [0.1, 0.15) is 12.6 Å². The number of pyridine rings is 1. The zero-order chi connectivity index (χ0) is 21.1. The van der Waals surface area contributed by atoms with Crippen LogP contribution in [0, 0.1) is 5.82 Å². The number of cyclic esters (lactones) is 1. The van der Waals surface area contributed by atoms with E-state index >= 15 is 0 Å². The molecule has 1 fully saturated rings. The molecule has 0 unspecified atom stereocenters. The van der Waals surface area contributed by atoms with Gasteiger partial charge in [0, 0.05) is 12.5 Å². The van der Waals surface area contributed by atoms with E-state index in [-0.39, 0.29) is 19.0 Å². The van der Waals surface area contributed by atoms with Gasteiger partial charge in [0.15, 0.2) is 0 Å². The summed E-state index contributed by atoms with van der Waals surface area (Å²) in [5.41, 5.74) is 1.81. The number of anilines is 1. The summed E-state index contributed by atoms with van der Waals surface area (Å²) in [6.45, 7) is 2.16. The number of nitrogens with zero attached hydrogens (tertiary/aromatic N) is 6. The fourth-order valence-corrected chi connectivity index (χ4v) is 3.11. The summed E-state index contributed by atoms with van der Waals surface area (Å²) >= 11 is 0. The Hall–Kier alpha value is -3.89. The lowest BCUT2D eigenvalue weighted by Gasteiger charge is -2.14. The van der Waals surface area contributed by atoms with Gasteiger partial charge >= 0.3 is 6.09 Å². The number of amides is 2. The maximum Gasteiger partial charge on any atom is 0.414 e. The Morgan fingerprint density at radius 3 is 2.93 bits per heavy atom. The number of nitrogens with one attached hydrogen (secondary N) is 1. The Kier molecular flexibility index (Phi) is 5.33. The van der Waals surface area contributed by atoms with Crippen LogP contribution in [0.2, 0.25) is 0 Å². The largest absolute Gasteiger partial charge is 0.442 e. The number of ether oxygens (including phenoxy) is 1. The zero-order valence-electron chi connectivity index (χ0n) is 16.0. The first-order chi connectivity index (χ1) is 14.5. The molecule has 0 spiro atoms. The lowest BCUT2D eigenvalue weighted by atomic mass is 10.1. The zero-order valence-corrected chi connectivity index (χ0v) is 16.0. The summed E-state index contributed by atoms with van der Waals surface area (Å²) in [7, 11) is 0. The molecule has 0 radical (unpaired) electrons. The third-order valence-corrected chi connectivity index (χ3v) is 4.52. The average molecular weight is 411 g/mol. The molecular formula is C19H18FN7O3. The predicted molar refractivity (Wildman–Crippen MR) is 103 cm³/mol. The molecule has 10 nitrogen and oxygen atoms in total. The van der Waals surface area contributed by atoms with E-state index in [1.165, 1.54) is 28.9 Å². The molecule has 0 bridgehead atoms. The van der Waals surface area contributed by atoms with Gasteiger partial charge in [-0.25, -0.2) is 13.9 Å². The number of carbonyl (C=O) groups is 2. The van der Waals surface area contributed by atoms with Gasteiger partial charge in [0.05, 0.1) is 36.7 Å². The normalized spacial score (nSPS) is 15.9. The van der Waals surface area contributed by atoms with Gasteiger partial charge in [0.2, 0.25) is 5.91 Å². The molecule has 1 saturated heterocycles. The summed E-state index contributed by atoms with van der Waals surface area (Å²) < 4.78 is 21.6. The summed E-state index contributed by atoms with van der Waals surface area (Å²) in [6.07, 6.45) is 0.394. The Bertz CT molecular complexity index is 1070. The SMILES string of the molecule is CC(=O)NC[C@H]1CN(c2ccc(-c3cccc(Cn4cnnn4)n3)c(F)c2)C(=O)O1. The number of benzene rings is 1. The molecule has 1 aromatic carbocycles. The molecule has 3 aromatic rings. The Morgan fingerprint density at radius 1 is 1.33 bits per heavy atom. The van der Waals surface area contributed by atoms with Crippen LogP contribution in [-0.2, 0) is 16.1 Å². The molecule has 1 aliphatic rings. The fraction of sp³-hybridized carbons (Fsp3) is 0.263. The molecule has 1 N–H and O–H groups in total. The molecule has 4 rings (SSSR count). The number of carbonyl (C=O) groups excluding carboxylic acids is 2. The average Bonchev–Trinajstić information content (AvgIpc) is 3.36. The summed E-state index contributed by atoms with van der Waals surface area (Å²) in [5.74, 6) is -0.729. The first-order valence-electron chi connectivity index (χ1n) is 9.19. The van der Waals surface area contributed by atoms with E-state index in [0.717, 1.165) is 0 Å². The van der Waals surface area contributed by atoms with Crippen molar-refractivity contribution >= 4 is 17.7 Å². The van der Waals surface area contributed by atoms with Crippen LogP contribution in [0.15, 0.2) is 42.7 Å². The van der Waals surface area contributed by atoms with Crippen molar-refractivity contribution in [1.29, 1.82) is 0 Å². The number of aromatic nitrogens is 5. The van der Waals surface area contributed by atoms with Crippen LogP contribution < -0.4 is 10.2 Å². The van der Waals surface area contributed by atoms with Crippen molar-refractivity contribution in [2.45, 2.75) is 19.6 Å². The second kappa shape index (κ2) is 8.23. The van der Waals surface area contributed by atoms with Crippen LogP contribution in [-0.4, -0.2) is 56.4 Å². The predicted octanol–water partition coefficient (Wildman–Crippen LogP) is 1.38. The van der Waals surface area contributed by atoms with E-state index in [9.17, 15) is 14.0 Å². The number of hydrogen-bond acceptors (Lipinski definition) is 7. The van der Waals surface area contributed by atoms with Crippen LogP contribution in [0.4, 0.5) is 14.9 Å². The van der Waals surface area contributed by atoms with E-state index in [1.54, 1.807) is 30.3 Å². The van der Waals surface area contributed by atoms with Crippen molar-refractivity contribution in [3.8, 4) is 11.3 Å². The third-order valence-electron chi connectivity index (χ3n) is 4.52. The summed E-state index contributed by atoms with van der Waals surface area (Å²) in [4.78, 5) is 29.0. The van der Waals surface area contributed by atoms with Gasteiger partial charge in [-0.05, 0) is 40.8 Å². The minimum absolute atomic E-state index is 0.205. The van der Waals surface area contributed by atoms with Gasteiger partial charge in [0.1, 0.15) is 18.2 Å². The van der Waals surface area contributed by atoms with E-state index < -0.39 is 18.0 Å². The highest BCUT2D eigenvalue weighted by Gasteiger charge is 2.32. The first kappa shape index (κ1) is 19.4. The van der Waals surface area contributed by atoms with Gasteiger partial charge < -0.3 is 10.1 Å². The molecule has 154 valence electrons. The summed E-state index contributed by atoms with van der Waals surface area (Å²) in [5, 5.41) is 13.5. The van der Waals surface area contributed by atoms with Crippen molar-refractivity contribution in [1.82, 2.24) is 30.5 Å². The maximum absolute atomic E-state index is 14.9. The lowest BCUT2D eigenvalue weighted by molar-refractivity contribution is -0.119. The third kappa shape index (κ3) is 4.24. The molecule has 11 heteroatoms. The van der Waals surface area contributed by atoms with Crippen molar-refractivity contribution in [3.63, 3.8) is 0 Å². The number of rotatable bonds is 6. The van der Waals surface area contributed by atoms with E-state index in [0.29, 0.717) is 29.2 Å². The minimum Gasteiger partial charge on any atom is -0.442 e. The van der Waals surface area contributed by atoms with Gasteiger partial charge in [-0.2, -0.15) is 0 Å². The lowest BCUT2D eigenvalue weighted by Crippen LogP contribution is -2.33. The first-order valence-corrected chi connectivity index (χ1v) is 9.19. The molecule has 1 atom stereocenters. The van der Waals surface area contributed by atoms with Crippen LogP contribution >= 0.6 is 0 Å². The van der Waals surface area contributed by atoms with Crippen molar-refractivity contribution < 1.29 is 18.7 Å². The Balaban J connectivity index is 1.51. The van der Waals surface area contributed by atoms with E-state index in [1.807, 2.05) is 0 Å². The highest BCUT2D eigenvalue weighted by molar-refractivity contribution is 5.90. The number of hydrogen-bond donors (Lipinski definition) is 1. The molecule has 0 aliphatic carbocycles. The second-order valence-electron chi connectivity index (χ2n) is 6.74. The summed E-state index contributed by atoms with van der Waals surface area (Å²) in [6, 6.07) is 9.76. The van der Waals surface area contributed by atoms with Crippen LogP contribution in [0.3, 0.4) is 0 Å². The van der Waals surface area contributed by atoms with Crippen LogP contribution in [0.5, 0.6) is 0 Å². The smallest absolute Gasteiger partial charge is 0.414 e. The number of halogens is 1. The van der Waals surface area contributed by atoms with Gasteiger partial charge in [-0.3, -0.25) is 14.7 Å². The van der Waals surface area contributed by atoms with Crippen molar-refractivity contribution in [2.24, 2.45) is 0 Å². The Morgan fingerprint density at radius 2 is 2.20 bits per heavy atom. The molecular weight excluding hydrogens is 393 g/mol. The molecule has 2 aromatic heterocycles. The van der Waals surface area contributed by atoms with E-state index in [2.05, 4.69) is 25.8 Å². The van der Waals surface area contributed by atoms with Gasteiger partial charge in [-0.1, -0.05) is 6.07 Å². The minimum atomic E-state index is -0.584. The van der Waals surface area contributed by atoms with Gasteiger partial charge in [-0.15, -0.1) is 5.10 Å². The van der Waals surface area contributed by atoms with Crippen LogP contribution in [0.25, 0.3) is 11.3 Å². The molecule has 2 amide bonds. The maximum atomic E-state index is 14.9. The molecule has 0 saturated carbocycles. The topological polar surface area (TPSA) is 115 Å².